The van der Waals surface area contributed by atoms with Gasteiger partial charge < -0.3 is 15.2 Å². The lowest BCUT2D eigenvalue weighted by atomic mass is 10.1. The number of carbonyl (C=O) groups is 1. The Morgan fingerprint density at radius 2 is 1.87 bits per heavy atom. The molecule has 0 aliphatic carbocycles. The molecule has 0 bridgehead atoms. The highest BCUT2D eigenvalue weighted by atomic mass is 79.9. The lowest BCUT2D eigenvalue weighted by Crippen LogP contribution is -2.24. The number of benzene rings is 2. The molecule has 0 fully saturated rings. The van der Waals surface area contributed by atoms with Gasteiger partial charge in [0.05, 0.1) is 23.5 Å². The molecule has 13 heteroatoms. The maximum atomic E-state index is 12.8. The number of hydrogen-bond acceptors (Lipinski definition) is 9. The van der Waals surface area contributed by atoms with E-state index in [0.717, 1.165) is 22.5 Å². The molecule has 0 saturated carbocycles. The molecule has 0 atom stereocenters. The summed E-state index contributed by atoms with van der Waals surface area (Å²) >= 11 is 4.49. The van der Waals surface area contributed by atoms with Gasteiger partial charge in [0, 0.05) is 24.7 Å². The molecule has 2 aromatic carbocycles. The Labute approximate surface area is 236 Å². The number of para-hydroxylation sites is 1. The number of carbonyl (C=O) groups excluding carboxylic acids is 1. The van der Waals surface area contributed by atoms with E-state index in [1.807, 2.05) is 30.3 Å². The van der Waals surface area contributed by atoms with Crippen molar-refractivity contribution in [3.05, 3.63) is 92.7 Å². The third-order valence-corrected chi connectivity index (χ3v) is 8.86. The van der Waals surface area contributed by atoms with Crippen molar-refractivity contribution in [1.29, 1.82) is 0 Å². The quantitative estimate of drug-likeness (QED) is 0.198. The number of anilines is 1. The maximum absolute atomic E-state index is 12.8. The predicted octanol–water partition coefficient (Wildman–Crippen LogP) is 4.80. The van der Waals surface area contributed by atoms with Crippen molar-refractivity contribution in [1.82, 2.24) is 19.3 Å². The first-order valence-electron chi connectivity index (χ1n) is 11.6. The lowest BCUT2D eigenvalue weighted by molar-refractivity contribution is 0.0602. The number of nitrogens with one attached hydrogen (secondary N) is 2. The Morgan fingerprint density at radius 1 is 1.10 bits per heavy atom. The zero-order valence-corrected chi connectivity index (χ0v) is 23.7. The number of sulfonamides is 1. The molecule has 0 aliphatic heterocycles. The van der Waals surface area contributed by atoms with E-state index < -0.39 is 16.0 Å². The van der Waals surface area contributed by atoms with Gasteiger partial charge in [-0.05, 0) is 50.6 Å². The van der Waals surface area contributed by atoms with Crippen molar-refractivity contribution in [2.24, 2.45) is 0 Å². The molecule has 0 radical (unpaired) electrons. The van der Waals surface area contributed by atoms with E-state index in [1.54, 1.807) is 35.0 Å². The first kappa shape index (κ1) is 26.8. The SMILES string of the molecule is COC(=O)c1sccc1S(=O)(=O)NCc1cccc(CNc2cc(-c3ccccc3O)nc3c(Br)cnn23)c1. The van der Waals surface area contributed by atoms with Crippen LogP contribution >= 0.6 is 27.3 Å². The number of halogens is 1. The van der Waals surface area contributed by atoms with Crippen molar-refractivity contribution in [3.63, 3.8) is 0 Å². The molecule has 200 valence electrons. The first-order chi connectivity index (χ1) is 18.8. The van der Waals surface area contributed by atoms with Crippen LogP contribution in [0.4, 0.5) is 5.82 Å². The molecule has 3 heterocycles. The van der Waals surface area contributed by atoms with Gasteiger partial charge in [-0.2, -0.15) is 9.61 Å². The Balaban J connectivity index is 1.34. The molecule has 3 aromatic heterocycles. The zero-order valence-electron chi connectivity index (χ0n) is 20.5. The van der Waals surface area contributed by atoms with Crippen molar-refractivity contribution < 1.29 is 23.1 Å². The van der Waals surface area contributed by atoms with Crippen LogP contribution in [0.15, 0.2) is 81.6 Å². The average molecular weight is 629 g/mol. The second-order valence-electron chi connectivity index (χ2n) is 8.38. The standard InChI is InChI=1S/C26H22BrN5O5S2/c1-37-26(34)24-22(9-10-38-24)39(35,36)30-14-17-6-4-5-16(11-17)13-28-23-12-20(18-7-2-3-8-21(18)33)31-25-19(27)15-29-32(23)25/h2-12,15,28,30,33H,13-14H2,1H3. The van der Waals surface area contributed by atoms with Crippen molar-refractivity contribution in [3.8, 4) is 17.0 Å². The van der Waals surface area contributed by atoms with Crippen LogP contribution in [0.25, 0.3) is 16.9 Å². The molecule has 10 nitrogen and oxygen atoms in total. The smallest absolute Gasteiger partial charge is 0.349 e. The van der Waals surface area contributed by atoms with Crippen LogP contribution < -0.4 is 10.0 Å². The minimum Gasteiger partial charge on any atom is -0.507 e. The van der Waals surface area contributed by atoms with Gasteiger partial charge in [-0.1, -0.05) is 36.4 Å². The normalized spacial score (nSPS) is 11.5. The number of ether oxygens (including phenoxy) is 1. The topological polar surface area (TPSA) is 135 Å². The third-order valence-electron chi connectivity index (χ3n) is 5.83. The lowest BCUT2D eigenvalue weighted by Gasteiger charge is -2.13. The van der Waals surface area contributed by atoms with E-state index in [2.05, 4.69) is 40.8 Å². The van der Waals surface area contributed by atoms with Crippen LogP contribution in [-0.4, -0.2) is 41.2 Å². The summed E-state index contributed by atoms with van der Waals surface area (Å²) < 4.78 is 35.3. The highest BCUT2D eigenvalue weighted by Crippen LogP contribution is 2.31. The van der Waals surface area contributed by atoms with Gasteiger partial charge >= 0.3 is 5.97 Å². The van der Waals surface area contributed by atoms with Crippen molar-refractivity contribution in [2.45, 2.75) is 18.0 Å². The summed E-state index contributed by atoms with van der Waals surface area (Å²) in [6.07, 6.45) is 1.65. The van der Waals surface area contributed by atoms with Gasteiger partial charge in [0.1, 0.15) is 21.3 Å². The highest BCUT2D eigenvalue weighted by Gasteiger charge is 2.24. The van der Waals surface area contributed by atoms with E-state index in [4.69, 9.17) is 0 Å². The van der Waals surface area contributed by atoms with Gasteiger partial charge in [0.2, 0.25) is 10.0 Å². The van der Waals surface area contributed by atoms with Crippen molar-refractivity contribution >= 4 is 54.7 Å². The maximum Gasteiger partial charge on any atom is 0.349 e. The molecule has 5 aromatic rings. The number of nitrogens with zero attached hydrogens (tertiary/aromatic N) is 3. The molecular formula is C26H22BrN5O5S2. The molecule has 0 saturated heterocycles. The fourth-order valence-electron chi connectivity index (χ4n) is 3.94. The number of esters is 1. The monoisotopic (exact) mass is 627 g/mol. The summed E-state index contributed by atoms with van der Waals surface area (Å²) in [5, 5.41) is 19.6. The van der Waals surface area contributed by atoms with E-state index in [-0.39, 0.29) is 22.1 Å². The molecule has 0 unspecified atom stereocenters. The van der Waals surface area contributed by atoms with Crippen LogP contribution in [-0.2, 0) is 27.8 Å². The summed E-state index contributed by atoms with van der Waals surface area (Å²) in [5.74, 6) is 0.0774. The van der Waals surface area contributed by atoms with Gasteiger partial charge in [-0.3, -0.25) is 0 Å². The third kappa shape index (κ3) is 5.66. The largest absolute Gasteiger partial charge is 0.507 e. The number of phenols is 1. The number of fused-ring (bicyclic) bond motifs is 1. The molecular weight excluding hydrogens is 606 g/mol. The summed E-state index contributed by atoms with van der Waals surface area (Å²) in [4.78, 5) is 16.5. The fourth-order valence-corrected chi connectivity index (χ4v) is 6.64. The zero-order chi connectivity index (χ0) is 27.6. The predicted molar refractivity (Wildman–Crippen MR) is 151 cm³/mol. The molecule has 0 amide bonds. The molecule has 5 rings (SSSR count). The Morgan fingerprint density at radius 3 is 2.64 bits per heavy atom. The number of hydrogen-bond donors (Lipinski definition) is 3. The fraction of sp³-hybridized carbons (Fsp3) is 0.115. The number of phenolic OH excluding ortho intramolecular Hbond substituents is 1. The van der Waals surface area contributed by atoms with E-state index in [0.29, 0.717) is 33.7 Å². The summed E-state index contributed by atoms with van der Waals surface area (Å²) in [5.41, 5.74) is 3.39. The van der Waals surface area contributed by atoms with Gasteiger partial charge in [0.25, 0.3) is 0 Å². The number of aromatic nitrogens is 3. The summed E-state index contributed by atoms with van der Waals surface area (Å²) in [6.45, 7) is 0.448. The molecule has 39 heavy (non-hydrogen) atoms. The van der Waals surface area contributed by atoms with E-state index >= 15 is 0 Å². The summed E-state index contributed by atoms with van der Waals surface area (Å²) in [7, 11) is -2.72. The van der Waals surface area contributed by atoms with Gasteiger partial charge in [-0.25, -0.2) is 22.9 Å². The highest BCUT2D eigenvalue weighted by molar-refractivity contribution is 9.10. The second kappa shape index (κ2) is 11.1. The minimum absolute atomic E-state index is 0.0278. The van der Waals surface area contributed by atoms with Crippen LogP contribution in [0.1, 0.15) is 20.8 Å². The number of aromatic hydroxyl groups is 1. The second-order valence-corrected chi connectivity index (χ2v) is 11.9. The number of rotatable bonds is 9. The minimum atomic E-state index is -3.93. The van der Waals surface area contributed by atoms with Crippen LogP contribution in [0.2, 0.25) is 0 Å². The Hall–Kier alpha value is -3.78. The number of methoxy groups -OCH3 is 1. The van der Waals surface area contributed by atoms with Crippen LogP contribution in [0.5, 0.6) is 5.75 Å². The van der Waals surface area contributed by atoms with Gasteiger partial charge in [0.15, 0.2) is 5.65 Å². The molecule has 0 aliphatic rings. The first-order valence-corrected chi connectivity index (χ1v) is 14.7. The van der Waals surface area contributed by atoms with E-state index in [1.165, 1.54) is 18.6 Å². The summed E-state index contributed by atoms with van der Waals surface area (Å²) in [6, 6.07) is 17.6. The molecule has 3 N–H and O–H groups in total. The van der Waals surface area contributed by atoms with Crippen LogP contribution in [0, 0.1) is 0 Å². The Kier molecular flexibility index (Phi) is 7.66. The van der Waals surface area contributed by atoms with Crippen LogP contribution in [0.3, 0.4) is 0 Å². The van der Waals surface area contributed by atoms with Gasteiger partial charge in [-0.15, -0.1) is 11.3 Å². The molecule has 0 spiro atoms. The van der Waals surface area contributed by atoms with E-state index in [9.17, 15) is 18.3 Å². The van der Waals surface area contributed by atoms with Crippen molar-refractivity contribution in [2.75, 3.05) is 12.4 Å². The average Bonchev–Trinajstić information content (AvgIpc) is 3.59. The Bertz CT molecular complexity index is 1780. The number of thiophene rings is 1.